The van der Waals surface area contributed by atoms with Crippen LogP contribution >= 0.6 is 24.0 Å². The molecule has 0 unspecified atom stereocenters. The quantitative estimate of drug-likeness (QED) is 0.502. The zero-order valence-electron chi connectivity index (χ0n) is 16.0. The van der Waals surface area contributed by atoms with Crippen LogP contribution < -0.4 is 10.1 Å². The van der Waals surface area contributed by atoms with Crippen LogP contribution in [-0.4, -0.2) is 45.8 Å². The number of aromatic carboxylic acids is 1. The summed E-state index contributed by atoms with van der Waals surface area (Å²) in [6, 6.07) is 13.4. The number of nitrogens with one attached hydrogen (secondary N) is 1. The number of hydrogen-bond donors (Lipinski definition) is 2. The monoisotopic (exact) mass is 442 g/mol. The van der Waals surface area contributed by atoms with Gasteiger partial charge in [-0.05, 0) is 42.3 Å². The van der Waals surface area contributed by atoms with E-state index >= 15 is 0 Å². The zero-order chi connectivity index (χ0) is 21.7. The van der Waals surface area contributed by atoms with Crippen molar-refractivity contribution in [1.82, 2.24) is 4.90 Å². The maximum absolute atomic E-state index is 12.7. The normalized spacial score (nSPS) is 14.8. The number of rotatable bonds is 7. The highest BCUT2D eigenvalue weighted by molar-refractivity contribution is 8.26. The molecule has 1 heterocycles. The third-order valence-electron chi connectivity index (χ3n) is 4.23. The predicted molar refractivity (Wildman–Crippen MR) is 119 cm³/mol. The molecule has 3 rings (SSSR count). The Morgan fingerprint density at radius 1 is 1.23 bits per heavy atom. The SMILES string of the molecule is COc1cccc(C/C=C2\SC(=S)N(CC(=O)Nc3cccc(C(=O)O)c3)C2=O)c1. The zero-order valence-corrected chi connectivity index (χ0v) is 17.6. The Hall–Kier alpha value is -3.17. The summed E-state index contributed by atoms with van der Waals surface area (Å²) >= 11 is 6.40. The van der Waals surface area contributed by atoms with Gasteiger partial charge in [-0.3, -0.25) is 14.5 Å². The molecule has 0 bridgehead atoms. The molecular formula is C21H18N2O5S2. The average molecular weight is 443 g/mol. The van der Waals surface area contributed by atoms with Crippen LogP contribution in [0.15, 0.2) is 59.5 Å². The minimum Gasteiger partial charge on any atom is -0.497 e. The Balaban J connectivity index is 1.63. The molecule has 1 aliphatic rings. The number of anilines is 1. The number of hydrogen-bond acceptors (Lipinski definition) is 6. The van der Waals surface area contributed by atoms with Gasteiger partial charge < -0.3 is 15.2 Å². The topological polar surface area (TPSA) is 95.9 Å². The second-order valence-corrected chi connectivity index (χ2v) is 7.99. The highest BCUT2D eigenvalue weighted by atomic mass is 32.2. The van der Waals surface area contributed by atoms with E-state index in [0.29, 0.717) is 21.3 Å². The van der Waals surface area contributed by atoms with Gasteiger partial charge in [0.2, 0.25) is 5.91 Å². The van der Waals surface area contributed by atoms with Crippen LogP contribution in [-0.2, 0) is 16.0 Å². The van der Waals surface area contributed by atoms with E-state index < -0.39 is 11.9 Å². The van der Waals surface area contributed by atoms with E-state index in [1.807, 2.05) is 24.3 Å². The fraction of sp³-hybridized carbons (Fsp3) is 0.143. The fourth-order valence-corrected chi connectivity index (χ4v) is 3.98. The molecule has 7 nitrogen and oxygen atoms in total. The lowest BCUT2D eigenvalue weighted by Crippen LogP contribution is -2.36. The number of amides is 2. The standard InChI is InChI=1S/C21H18N2O5S2/c1-28-16-7-2-4-13(10-16)8-9-17-19(25)23(21(29)30-17)12-18(24)22-15-6-3-5-14(11-15)20(26)27/h2-7,9-11H,8,12H2,1H3,(H,22,24)(H,26,27)/b17-9-. The predicted octanol–water partition coefficient (Wildman–Crippen LogP) is 3.32. The number of allylic oxidation sites excluding steroid dienone is 1. The Bertz CT molecular complexity index is 1050. The van der Waals surface area contributed by atoms with Crippen molar-refractivity contribution in [2.24, 2.45) is 0 Å². The van der Waals surface area contributed by atoms with Gasteiger partial charge in [-0.2, -0.15) is 0 Å². The molecule has 2 aromatic carbocycles. The molecule has 2 amide bonds. The molecule has 1 fully saturated rings. The van der Waals surface area contributed by atoms with Gasteiger partial charge in [0.25, 0.3) is 5.91 Å². The van der Waals surface area contributed by atoms with E-state index in [2.05, 4.69) is 5.32 Å². The number of carbonyl (C=O) groups excluding carboxylic acids is 2. The number of ether oxygens (including phenoxy) is 1. The van der Waals surface area contributed by atoms with Gasteiger partial charge >= 0.3 is 5.97 Å². The fourth-order valence-electron chi connectivity index (χ4n) is 2.76. The van der Waals surface area contributed by atoms with Crippen LogP contribution in [0, 0.1) is 0 Å². The summed E-state index contributed by atoms with van der Waals surface area (Å²) in [7, 11) is 1.59. The summed E-state index contributed by atoms with van der Waals surface area (Å²) in [6.45, 7) is -0.252. The van der Waals surface area contributed by atoms with Crippen LogP contribution in [0.25, 0.3) is 0 Å². The molecule has 0 spiro atoms. The molecule has 154 valence electrons. The highest BCUT2D eigenvalue weighted by Gasteiger charge is 2.33. The number of carboxylic acid groups (broad SMARTS) is 1. The van der Waals surface area contributed by atoms with Gasteiger partial charge in [0.15, 0.2) is 0 Å². The summed E-state index contributed by atoms with van der Waals surface area (Å²) in [5.41, 5.74) is 1.37. The third kappa shape index (κ3) is 5.25. The lowest BCUT2D eigenvalue weighted by Gasteiger charge is -2.14. The van der Waals surface area contributed by atoms with Gasteiger partial charge in [0.1, 0.15) is 16.6 Å². The van der Waals surface area contributed by atoms with E-state index in [1.54, 1.807) is 19.3 Å². The van der Waals surface area contributed by atoms with Crippen molar-refractivity contribution >= 4 is 51.8 Å². The number of thioether (sulfide) groups is 1. The van der Waals surface area contributed by atoms with Crippen molar-refractivity contribution in [2.75, 3.05) is 19.0 Å². The van der Waals surface area contributed by atoms with Gasteiger partial charge in [0, 0.05) is 5.69 Å². The average Bonchev–Trinajstić information content (AvgIpc) is 3.00. The van der Waals surface area contributed by atoms with Gasteiger partial charge in [-0.25, -0.2) is 4.79 Å². The summed E-state index contributed by atoms with van der Waals surface area (Å²) in [5, 5.41) is 11.6. The number of methoxy groups -OCH3 is 1. The van der Waals surface area contributed by atoms with Crippen molar-refractivity contribution in [3.05, 3.63) is 70.6 Å². The number of thiocarbonyl (C=S) groups is 1. The first-order valence-electron chi connectivity index (χ1n) is 8.87. The first-order chi connectivity index (χ1) is 14.4. The third-order valence-corrected chi connectivity index (χ3v) is 5.65. The van der Waals surface area contributed by atoms with Crippen LogP contribution in [0.4, 0.5) is 5.69 Å². The first-order valence-corrected chi connectivity index (χ1v) is 10.1. The Morgan fingerprint density at radius 3 is 2.73 bits per heavy atom. The maximum Gasteiger partial charge on any atom is 0.335 e. The lowest BCUT2D eigenvalue weighted by molar-refractivity contribution is -0.126. The first kappa shape index (κ1) is 21.5. The van der Waals surface area contributed by atoms with Gasteiger partial charge in [0.05, 0.1) is 17.6 Å². The van der Waals surface area contributed by atoms with Crippen LogP contribution in [0.2, 0.25) is 0 Å². The number of nitrogens with zero attached hydrogens (tertiary/aromatic N) is 1. The molecule has 0 aromatic heterocycles. The smallest absolute Gasteiger partial charge is 0.335 e. The second kappa shape index (κ2) is 9.55. The van der Waals surface area contributed by atoms with Crippen LogP contribution in [0.3, 0.4) is 0 Å². The summed E-state index contributed by atoms with van der Waals surface area (Å²) < 4.78 is 5.49. The van der Waals surface area contributed by atoms with Crippen molar-refractivity contribution in [3.8, 4) is 5.75 Å². The van der Waals surface area contributed by atoms with Crippen molar-refractivity contribution in [1.29, 1.82) is 0 Å². The molecular weight excluding hydrogens is 424 g/mol. The minimum absolute atomic E-state index is 0.0545. The minimum atomic E-state index is -1.09. The number of carbonyl (C=O) groups is 3. The van der Waals surface area contributed by atoms with E-state index in [4.69, 9.17) is 22.1 Å². The number of benzene rings is 2. The molecule has 30 heavy (non-hydrogen) atoms. The Kier molecular flexibility index (Phi) is 6.86. The molecule has 1 aliphatic heterocycles. The molecule has 0 saturated carbocycles. The van der Waals surface area contributed by atoms with Gasteiger partial charge in [-0.15, -0.1) is 0 Å². The second-order valence-electron chi connectivity index (χ2n) is 6.32. The van der Waals surface area contributed by atoms with E-state index in [9.17, 15) is 14.4 Å². The molecule has 2 aromatic rings. The van der Waals surface area contributed by atoms with Crippen molar-refractivity contribution in [3.63, 3.8) is 0 Å². The van der Waals surface area contributed by atoms with Crippen LogP contribution in [0.1, 0.15) is 15.9 Å². The molecule has 1 saturated heterocycles. The summed E-state index contributed by atoms with van der Waals surface area (Å²) in [6.07, 6.45) is 2.30. The van der Waals surface area contributed by atoms with E-state index in [0.717, 1.165) is 23.1 Å². The number of carboxylic acids is 1. The van der Waals surface area contributed by atoms with E-state index in [-0.39, 0.29) is 18.0 Å². The molecule has 0 radical (unpaired) electrons. The molecule has 9 heteroatoms. The van der Waals surface area contributed by atoms with E-state index in [1.165, 1.54) is 23.1 Å². The summed E-state index contributed by atoms with van der Waals surface area (Å²) in [5.74, 6) is -1.16. The molecule has 0 aliphatic carbocycles. The Labute approximate surface area is 182 Å². The Morgan fingerprint density at radius 2 is 2.00 bits per heavy atom. The van der Waals surface area contributed by atoms with Crippen molar-refractivity contribution in [2.45, 2.75) is 6.42 Å². The highest BCUT2D eigenvalue weighted by Crippen LogP contribution is 2.31. The van der Waals surface area contributed by atoms with Crippen molar-refractivity contribution < 1.29 is 24.2 Å². The molecule has 2 N–H and O–H groups in total. The largest absolute Gasteiger partial charge is 0.497 e. The molecule has 0 atom stereocenters. The van der Waals surface area contributed by atoms with Crippen LogP contribution in [0.5, 0.6) is 5.75 Å². The lowest BCUT2D eigenvalue weighted by atomic mass is 10.1. The maximum atomic E-state index is 12.7. The van der Waals surface area contributed by atoms with Gasteiger partial charge in [-0.1, -0.05) is 48.3 Å². The summed E-state index contributed by atoms with van der Waals surface area (Å²) in [4.78, 5) is 37.7.